The number of primary amides is 1. The first-order valence-corrected chi connectivity index (χ1v) is 13.2. The maximum Gasteiger partial charge on any atom is 0.246 e. The summed E-state index contributed by atoms with van der Waals surface area (Å²) in [5, 5.41) is 0.667. The molecule has 4 rings (SSSR count). The number of unbranched alkanes of at least 4 members (excludes halogenated alkanes) is 2. The number of nitrogens with two attached hydrogens (primary N) is 1. The van der Waals surface area contributed by atoms with Crippen LogP contribution in [0, 0.1) is 0 Å². The Balaban J connectivity index is 1.54. The number of aromatic nitrogens is 2. The molecule has 0 bridgehead atoms. The normalized spacial score (nSPS) is 15.3. The SMILES string of the molecule is CCCCCC1(c2ccccc2)CN(C(=O)[C@@H](Cc2ccc(Cl)cc2)n2cnc(CCC(N)=O)c2)C1. The summed E-state index contributed by atoms with van der Waals surface area (Å²) in [5.41, 5.74) is 8.42. The van der Waals surface area contributed by atoms with E-state index in [0.717, 1.165) is 37.2 Å². The highest BCUT2D eigenvalue weighted by Gasteiger charge is 2.47. The monoisotopic (exact) mass is 506 g/mol. The maximum absolute atomic E-state index is 13.9. The van der Waals surface area contributed by atoms with Crippen molar-refractivity contribution in [1.82, 2.24) is 14.5 Å². The van der Waals surface area contributed by atoms with E-state index in [1.165, 1.54) is 18.4 Å². The van der Waals surface area contributed by atoms with Crippen LogP contribution in [-0.4, -0.2) is 39.4 Å². The van der Waals surface area contributed by atoms with E-state index < -0.39 is 6.04 Å². The fourth-order valence-corrected chi connectivity index (χ4v) is 5.26. The summed E-state index contributed by atoms with van der Waals surface area (Å²) in [4.78, 5) is 31.5. The molecule has 2 aromatic carbocycles. The zero-order valence-electron chi connectivity index (χ0n) is 20.9. The highest BCUT2D eigenvalue weighted by Crippen LogP contribution is 2.40. The number of carbonyl (C=O) groups excluding carboxylic acids is 2. The molecule has 0 saturated carbocycles. The van der Waals surface area contributed by atoms with Gasteiger partial charge in [0, 0.05) is 42.6 Å². The van der Waals surface area contributed by atoms with Crippen LogP contribution in [0.2, 0.25) is 5.02 Å². The van der Waals surface area contributed by atoms with E-state index >= 15 is 0 Å². The third-order valence-corrected chi connectivity index (χ3v) is 7.47. The van der Waals surface area contributed by atoms with Crippen molar-refractivity contribution >= 4 is 23.4 Å². The minimum atomic E-state index is -0.426. The Kier molecular flexibility index (Phi) is 8.47. The van der Waals surface area contributed by atoms with E-state index in [2.05, 4.69) is 36.2 Å². The molecular formula is C29H35ClN4O2. The van der Waals surface area contributed by atoms with Gasteiger partial charge in [-0.1, -0.05) is 80.3 Å². The third kappa shape index (κ3) is 6.16. The van der Waals surface area contributed by atoms with Crippen LogP contribution in [0.5, 0.6) is 0 Å². The van der Waals surface area contributed by atoms with Crippen LogP contribution in [0.3, 0.4) is 0 Å². The number of imidazole rings is 1. The smallest absolute Gasteiger partial charge is 0.246 e. The van der Waals surface area contributed by atoms with E-state index in [9.17, 15) is 9.59 Å². The molecule has 1 aliphatic rings. The molecule has 1 aromatic heterocycles. The number of carbonyl (C=O) groups is 2. The van der Waals surface area contributed by atoms with Crippen molar-refractivity contribution in [3.05, 3.63) is 89.0 Å². The van der Waals surface area contributed by atoms with Gasteiger partial charge in [0.15, 0.2) is 0 Å². The van der Waals surface area contributed by atoms with Gasteiger partial charge in [-0.25, -0.2) is 4.98 Å². The van der Waals surface area contributed by atoms with Crippen LogP contribution >= 0.6 is 11.6 Å². The summed E-state index contributed by atoms with van der Waals surface area (Å²) < 4.78 is 1.88. The molecule has 3 aromatic rings. The van der Waals surface area contributed by atoms with Crippen molar-refractivity contribution in [3.8, 4) is 0 Å². The van der Waals surface area contributed by atoms with Gasteiger partial charge in [0.1, 0.15) is 6.04 Å². The fraction of sp³-hybridized carbons (Fsp3) is 0.414. The zero-order valence-corrected chi connectivity index (χ0v) is 21.7. The second-order valence-electron chi connectivity index (χ2n) is 9.92. The second-order valence-corrected chi connectivity index (χ2v) is 10.4. The van der Waals surface area contributed by atoms with E-state index in [-0.39, 0.29) is 23.7 Å². The number of amides is 2. The van der Waals surface area contributed by atoms with Crippen LogP contribution in [0.4, 0.5) is 0 Å². The lowest BCUT2D eigenvalue weighted by Gasteiger charge is -2.52. The second kappa shape index (κ2) is 11.7. The number of aryl methyl sites for hydroxylation is 1. The number of hydrogen-bond acceptors (Lipinski definition) is 3. The van der Waals surface area contributed by atoms with Gasteiger partial charge in [-0.05, 0) is 36.1 Å². The Labute approximate surface area is 218 Å². The zero-order chi connectivity index (χ0) is 25.5. The van der Waals surface area contributed by atoms with Crippen LogP contribution < -0.4 is 5.73 Å². The Morgan fingerprint density at radius 2 is 1.81 bits per heavy atom. The molecule has 6 nitrogen and oxygen atoms in total. The highest BCUT2D eigenvalue weighted by atomic mass is 35.5. The summed E-state index contributed by atoms with van der Waals surface area (Å²) in [7, 11) is 0. The van der Waals surface area contributed by atoms with E-state index in [1.807, 2.05) is 46.0 Å². The Hall–Kier alpha value is -3.12. The summed E-state index contributed by atoms with van der Waals surface area (Å²) in [6.07, 6.45) is 9.41. The molecule has 2 N–H and O–H groups in total. The number of benzene rings is 2. The lowest BCUT2D eigenvalue weighted by molar-refractivity contribution is -0.143. The molecule has 1 aliphatic heterocycles. The van der Waals surface area contributed by atoms with Crippen molar-refractivity contribution in [2.24, 2.45) is 5.73 Å². The Bertz CT molecular complexity index is 1150. The first-order chi connectivity index (χ1) is 17.4. The van der Waals surface area contributed by atoms with Gasteiger partial charge in [-0.3, -0.25) is 9.59 Å². The van der Waals surface area contributed by atoms with Gasteiger partial charge < -0.3 is 15.2 Å². The quantitative estimate of drug-likeness (QED) is 0.347. The predicted molar refractivity (Wildman–Crippen MR) is 143 cm³/mol. The summed E-state index contributed by atoms with van der Waals surface area (Å²) in [6.45, 7) is 3.66. The van der Waals surface area contributed by atoms with Crippen LogP contribution in [0.15, 0.2) is 67.1 Å². The molecule has 190 valence electrons. The van der Waals surface area contributed by atoms with Crippen LogP contribution in [0.1, 0.15) is 61.9 Å². The number of likely N-dealkylation sites (tertiary alicyclic amines) is 1. The van der Waals surface area contributed by atoms with Crippen molar-refractivity contribution in [3.63, 3.8) is 0 Å². The van der Waals surface area contributed by atoms with Gasteiger partial charge in [-0.15, -0.1) is 0 Å². The van der Waals surface area contributed by atoms with E-state index in [0.29, 0.717) is 17.9 Å². The molecular weight excluding hydrogens is 472 g/mol. The topological polar surface area (TPSA) is 81.2 Å². The van der Waals surface area contributed by atoms with Gasteiger partial charge in [0.25, 0.3) is 0 Å². The summed E-state index contributed by atoms with van der Waals surface area (Å²) in [6, 6.07) is 17.8. The molecule has 0 unspecified atom stereocenters. The molecule has 36 heavy (non-hydrogen) atoms. The number of hydrogen-bond donors (Lipinski definition) is 1. The molecule has 0 radical (unpaired) electrons. The van der Waals surface area contributed by atoms with Gasteiger partial charge in [-0.2, -0.15) is 0 Å². The van der Waals surface area contributed by atoms with Gasteiger partial charge in [0.2, 0.25) is 11.8 Å². The van der Waals surface area contributed by atoms with Gasteiger partial charge in [0.05, 0.1) is 12.0 Å². The highest BCUT2D eigenvalue weighted by molar-refractivity contribution is 6.30. The lowest BCUT2D eigenvalue weighted by Crippen LogP contribution is -2.62. The van der Waals surface area contributed by atoms with Crippen molar-refractivity contribution < 1.29 is 9.59 Å². The number of nitrogens with zero attached hydrogens (tertiary/aromatic N) is 3. The lowest BCUT2D eigenvalue weighted by atomic mass is 9.70. The Morgan fingerprint density at radius 1 is 1.08 bits per heavy atom. The average Bonchev–Trinajstić information content (AvgIpc) is 3.33. The molecule has 0 spiro atoms. The minimum absolute atomic E-state index is 0.0124. The van der Waals surface area contributed by atoms with E-state index in [1.54, 1.807) is 6.33 Å². The molecule has 7 heteroatoms. The van der Waals surface area contributed by atoms with E-state index in [4.69, 9.17) is 17.3 Å². The maximum atomic E-state index is 13.9. The van der Waals surface area contributed by atoms with Crippen LogP contribution in [0.25, 0.3) is 0 Å². The van der Waals surface area contributed by atoms with Crippen LogP contribution in [-0.2, 0) is 27.8 Å². The standard InChI is InChI=1S/C29H35ClN4O2/c1-2-3-7-16-29(23-8-5-4-6-9-23)19-34(20-29)28(36)26(17-22-10-12-24(30)13-11-22)33-18-25(32-21-33)14-15-27(31)35/h4-6,8-13,18,21,26H,2-3,7,14-17,19-20H2,1H3,(H2,31,35)/t26-/m1/s1. The summed E-state index contributed by atoms with van der Waals surface area (Å²) >= 11 is 6.09. The number of halogens is 1. The third-order valence-electron chi connectivity index (χ3n) is 7.21. The van der Waals surface area contributed by atoms with Crippen molar-refractivity contribution in [2.45, 2.75) is 63.3 Å². The molecule has 2 heterocycles. The number of rotatable bonds is 12. The largest absolute Gasteiger partial charge is 0.370 e. The average molecular weight is 507 g/mol. The summed E-state index contributed by atoms with van der Waals surface area (Å²) in [5.74, 6) is -0.273. The molecule has 1 saturated heterocycles. The molecule has 1 fully saturated rings. The first kappa shape index (κ1) is 26.0. The molecule has 2 amide bonds. The minimum Gasteiger partial charge on any atom is -0.370 e. The Morgan fingerprint density at radius 3 is 2.47 bits per heavy atom. The molecule has 1 atom stereocenters. The molecule has 0 aliphatic carbocycles. The van der Waals surface area contributed by atoms with Crippen molar-refractivity contribution in [2.75, 3.05) is 13.1 Å². The predicted octanol–water partition coefficient (Wildman–Crippen LogP) is 5.10. The van der Waals surface area contributed by atoms with Gasteiger partial charge >= 0.3 is 0 Å². The van der Waals surface area contributed by atoms with Crippen molar-refractivity contribution in [1.29, 1.82) is 0 Å². The first-order valence-electron chi connectivity index (χ1n) is 12.8. The fourth-order valence-electron chi connectivity index (χ4n) is 5.14.